The minimum Gasteiger partial charge on any atom is -0.396 e. The maximum absolute atomic E-state index is 11.5. The molecule has 0 aliphatic carbocycles. The fraction of sp³-hybridized carbons (Fsp3) is 0.500. The predicted octanol–water partition coefficient (Wildman–Crippen LogP) is -1.31. The van der Waals surface area contributed by atoms with E-state index in [4.69, 9.17) is 15.9 Å². The lowest BCUT2D eigenvalue weighted by Crippen LogP contribution is -2.20. The van der Waals surface area contributed by atoms with Crippen LogP contribution in [0.15, 0.2) is 11.1 Å². The molecule has 0 aliphatic heterocycles. The van der Waals surface area contributed by atoms with Crippen LogP contribution in [0.1, 0.15) is 6.42 Å². The van der Waals surface area contributed by atoms with Gasteiger partial charge in [0.05, 0.1) is 6.33 Å². The molecule has 2 rings (SSSR count). The van der Waals surface area contributed by atoms with E-state index in [0.29, 0.717) is 24.1 Å². The first-order chi connectivity index (χ1) is 8.67. The molecule has 8 nitrogen and oxygen atoms in total. The molecule has 98 valence electrons. The van der Waals surface area contributed by atoms with Gasteiger partial charge in [0.2, 0.25) is 5.95 Å². The fourth-order valence-electron chi connectivity index (χ4n) is 1.75. The van der Waals surface area contributed by atoms with Gasteiger partial charge in [0, 0.05) is 25.7 Å². The van der Waals surface area contributed by atoms with Crippen LogP contribution in [0.5, 0.6) is 0 Å². The van der Waals surface area contributed by atoms with E-state index in [2.05, 4.69) is 15.0 Å². The van der Waals surface area contributed by atoms with Crippen molar-refractivity contribution < 1.29 is 10.2 Å². The van der Waals surface area contributed by atoms with E-state index < -0.39 is 5.56 Å². The quantitative estimate of drug-likeness (QED) is 0.523. The number of anilines is 1. The van der Waals surface area contributed by atoms with Crippen molar-refractivity contribution in [2.45, 2.75) is 13.0 Å². The maximum Gasteiger partial charge on any atom is 0.300 e. The molecule has 2 aromatic rings. The number of hydrogen-bond donors (Lipinski definition) is 4. The Morgan fingerprint density at radius 1 is 1.44 bits per heavy atom. The second kappa shape index (κ2) is 5.15. The molecule has 0 aromatic carbocycles. The van der Waals surface area contributed by atoms with Gasteiger partial charge in [0.1, 0.15) is 0 Å². The lowest BCUT2D eigenvalue weighted by atomic mass is 10.1. The van der Waals surface area contributed by atoms with Crippen molar-refractivity contribution in [1.82, 2.24) is 19.5 Å². The van der Waals surface area contributed by atoms with Crippen LogP contribution >= 0.6 is 0 Å². The predicted molar refractivity (Wildman–Crippen MR) is 64.8 cm³/mol. The van der Waals surface area contributed by atoms with Crippen molar-refractivity contribution in [2.24, 2.45) is 5.92 Å². The van der Waals surface area contributed by atoms with Crippen molar-refractivity contribution in [1.29, 1.82) is 0 Å². The third-order valence-electron chi connectivity index (χ3n) is 2.86. The Hall–Kier alpha value is -1.93. The van der Waals surface area contributed by atoms with Gasteiger partial charge in [-0.2, -0.15) is 4.98 Å². The summed E-state index contributed by atoms with van der Waals surface area (Å²) in [5, 5.41) is 18.0. The van der Waals surface area contributed by atoms with Gasteiger partial charge in [-0.25, -0.2) is 4.98 Å². The van der Waals surface area contributed by atoms with Gasteiger partial charge in [-0.05, 0) is 6.42 Å². The highest BCUT2D eigenvalue weighted by molar-refractivity contribution is 5.70. The number of aliphatic hydroxyl groups excluding tert-OH is 2. The number of nitrogens with one attached hydrogen (secondary N) is 1. The first kappa shape index (κ1) is 12.5. The summed E-state index contributed by atoms with van der Waals surface area (Å²) in [6.45, 7) is 0.216. The number of aliphatic hydroxyl groups is 2. The van der Waals surface area contributed by atoms with Gasteiger partial charge in [0.25, 0.3) is 0 Å². The van der Waals surface area contributed by atoms with E-state index in [1.807, 2.05) is 0 Å². The molecular weight excluding hydrogens is 238 g/mol. The Morgan fingerprint density at radius 2 is 2.17 bits per heavy atom. The summed E-state index contributed by atoms with van der Waals surface area (Å²) in [7, 11) is 0. The summed E-state index contributed by atoms with van der Waals surface area (Å²) < 4.78 is 1.59. The Balaban J connectivity index is 2.33. The minimum absolute atomic E-state index is 0.0780. The number of aromatic amines is 1. The van der Waals surface area contributed by atoms with Crippen molar-refractivity contribution in [3.05, 3.63) is 16.7 Å². The first-order valence-corrected chi connectivity index (χ1v) is 5.58. The van der Waals surface area contributed by atoms with Gasteiger partial charge in [-0.15, -0.1) is 0 Å². The van der Waals surface area contributed by atoms with Crippen LogP contribution in [0, 0.1) is 5.92 Å². The van der Waals surface area contributed by atoms with Crippen molar-refractivity contribution in [3.63, 3.8) is 0 Å². The van der Waals surface area contributed by atoms with Gasteiger partial charge in [-0.3, -0.25) is 9.36 Å². The SMILES string of the molecule is Nc1nc(=O)c2[nH]cnc2n1CCC(CO)CO. The topological polar surface area (TPSA) is 130 Å². The Bertz CT molecular complexity index is 587. The summed E-state index contributed by atoms with van der Waals surface area (Å²) in [5.41, 5.74) is 5.97. The number of hydrogen-bond acceptors (Lipinski definition) is 6. The number of nitrogens with two attached hydrogens (primary N) is 1. The van der Waals surface area contributed by atoms with Crippen LogP contribution in [0.2, 0.25) is 0 Å². The van der Waals surface area contributed by atoms with Crippen LogP contribution in [0.4, 0.5) is 5.95 Å². The third kappa shape index (κ3) is 2.20. The molecule has 0 saturated carbocycles. The summed E-state index contributed by atoms with van der Waals surface area (Å²) in [6.07, 6.45) is 1.92. The molecule has 0 radical (unpaired) electrons. The first-order valence-electron chi connectivity index (χ1n) is 5.58. The summed E-state index contributed by atoms with van der Waals surface area (Å²) in [6, 6.07) is 0. The monoisotopic (exact) mass is 253 g/mol. The molecule has 0 atom stereocenters. The molecule has 5 N–H and O–H groups in total. The van der Waals surface area contributed by atoms with E-state index in [9.17, 15) is 4.79 Å². The number of nitrogen functional groups attached to an aromatic ring is 1. The van der Waals surface area contributed by atoms with Gasteiger partial charge >= 0.3 is 5.56 Å². The number of fused-ring (bicyclic) bond motifs is 1. The number of nitrogens with zero attached hydrogens (tertiary/aromatic N) is 3. The van der Waals surface area contributed by atoms with Crippen LogP contribution in [-0.4, -0.2) is 42.9 Å². The number of imidazole rings is 1. The molecule has 2 heterocycles. The van der Waals surface area contributed by atoms with Gasteiger partial charge < -0.3 is 20.9 Å². The second-order valence-electron chi connectivity index (χ2n) is 4.05. The van der Waals surface area contributed by atoms with E-state index >= 15 is 0 Å². The number of H-pyrrole nitrogens is 1. The molecule has 8 heteroatoms. The highest BCUT2D eigenvalue weighted by Gasteiger charge is 2.12. The zero-order valence-corrected chi connectivity index (χ0v) is 9.70. The smallest absolute Gasteiger partial charge is 0.300 e. The average Bonchev–Trinajstić information content (AvgIpc) is 2.83. The van der Waals surface area contributed by atoms with E-state index in [1.165, 1.54) is 6.33 Å². The van der Waals surface area contributed by atoms with Crippen LogP contribution < -0.4 is 11.3 Å². The molecule has 0 spiro atoms. The third-order valence-corrected chi connectivity index (χ3v) is 2.86. The Morgan fingerprint density at radius 3 is 2.83 bits per heavy atom. The van der Waals surface area contributed by atoms with Gasteiger partial charge in [-0.1, -0.05) is 0 Å². The van der Waals surface area contributed by atoms with Crippen LogP contribution in [0.3, 0.4) is 0 Å². The van der Waals surface area contributed by atoms with Gasteiger partial charge in [0.15, 0.2) is 11.2 Å². The van der Waals surface area contributed by atoms with E-state index in [0.717, 1.165) is 0 Å². The fourth-order valence-corrected chi connectivity index (χ4v) is 1.75. The lowest BCUT2D eigenvalue weighted by Gasteiger charge is -2.14. The zero-order valence-electron chi connectivity index (χ0n) is 9.70. The average molecular weight is 253 g/mol. The molecule has 2 aromatic heterocycles. The van der Waals surface area contributed by atoms with E-state index in [-0.39, 0.29) is 25.1 Å². The van der Waals surface area contributed by atoms with Crippen LogP contribution in [-0.2, 0) is 6.54 Å². The number of rotatable bonds is 5. The number of aryl methyl sites for hydroxylation is 1. The molecule has 0 fully saturated rings. The highest BCUT2D eigenvalue weighted by atomic mass is 16.3. The largest absolute Gasteiger partial charge is 0.396 e. The highest BCUT2D eigenvalue weighted by Crippen LogP contribution is 2.11. The molecule has 0 saturated heterocycles. The molecular formula is C10H15N5O3. The summed E-state index contributed by atoms with van der Waals surface area (Å²) in [4.78, 5) is 21.9. The Labute approximate surface area is 102 Å². The lowest BCUT2D eigenvalue weighted by molar-refractivity contribution is 0.140. The molecule has 18 heavy (non-hydrogen) atoms. The maximum atomic E-state index is 11.5. The standard InChI is InChI=1S/C10H15N5O3/c11-10-14-9(18)7-8(13-5-12-7)15(10)2-1-6(3-16)4-17/h5-6,16-17H,1-4H2,(H,12,13)(H2,11,14,18). The van der Waals surface area contributed by atoms with Crippen molar-refractivity contribution >= 4 is 17.1 Å². The van der Waals surface area contributed by atoms with Crippen LogP contribution in [0.25, 0.3) is 11.2 Å². The molecule has 0 aliphatic rings. The number of aromatic nitrogens is 4. The minimum atomic E-state index is -0.447. The van der Waals surface area contributed by atoms with Crippen molar-refractivity contribution in [3.8, 4) is 0 Å². The normalized spacial score (nSPS) is 11.5. The van der Waals surface area contributed by atoms with E-state index in [1.54, 1.807) is 4.57 Å². The molecule has 0 amide bonds. The second-order valence-corrected chi connectivity index (χ2v) is 4.05. The summed E-state index contributed by atoms with van der Waals surface area (Å²) in [5.74, 6) is -0.146. The zero-order chi connectivity index (χ0) is 13.1. The van der Waals surface area contributed by atoms with Crippen molar-refractivity contribution in [2.75, 3.05) is 18.9 Å². The molecule has 0 bridgehead atoms. The summed E-state index contributed by atoms with van der Waals surface area (Å²) >= 11 is 0. The molecule has 0 unspecified atom stereocenters. The Kier molecular flexibility index (Phi) is 3.58.